The van der Waals surface area contributed by atoms with E-state index in [9.17, 15) is 9.59 Å². The Kier molecular flexibility index (Phi) is 4.57. The van der Waals surface area contributed by atoms with Crippen LogP contribution in [0.5, 0.6) is 0 Å². The maximum atomic E-state index is 13.3. The second-order valence-corrected chi connectivity index (χ2v) is 9.61. The van der Waals surface area contributed by atoms with Gasteiger partial charge in [0.2, 0.25) is 5.91 Å². The predicted octanol–water partition coefficient (Wildman–Crippen LogP) is 4.91. The number of rotatable bonds is 0. The summed E-state index contributed by atoms with van der Waals surface area (Å²) < 4.78 is 3.06. The van der Waals surface area contributed by atoms with Gasteiger partial charge in [-0.15, -0.1) is 22.7 Å². The van der Waals surface area contributed by atoms with Gasteiger partial charge in [0.1, 0.15) is 20.5 Å². The fourth-order valence-electron chi connectivity index (χ4n) is 3.44. The van der Waals surface area contributed by atoms with Gasteiger partial charge < -0.3 is 0 Å². The van der Waals surface area contributed by atoms with E-state index in [0.717, 1.165) is 27.7 Å². The van der Waals surface area contributed by atoms with Crippen LogP contribution in [0.3, 0.4) is 0 Å². The largest absolute Gasteiger partial charge is 0.291 e. The summed E-state index contributed by atoms with van der Waals surface area (Å²) in [5.41, 5.74) is 2.75. The monoisotopic (exact) mass is 453 g/mol. The quantitative estimate of drug-likeness (QED) is 0.408. The molecule has 0 aromatic carbocycles. The van der Waals surface area contributed by atoms with Crippen molar-refractivity contribution in [3.8, 4) is 0 Å². The highest BCUT2D eigenvalue weighted by molar-refractivity contribution is 8.14. The van der Waals surface area contributed by atoms with Gasteiger partial charge in [-0.05, 0) is 48.4 Å². The average molecular weight is 454 g/mol. The lowest BCUT2D eigenvalue weighted by Crippen LogP contribution is -2.19. The first-order valence-electron chi connectivity index (χ1n) is 9.02. The molecule has 30 heavy (non-hydrogen) atoms. The Balaban J connectivity index is 1.71. The number of thiophene rings is 2. The molecule has 0 bridgehead atoms. The minimum absolute atomic E-state index is 0.0428. The van der Waals surface area contributed by atoms with Crippen LogP contribution < -0.4 is 0 Å². The average Bonchev–Trinajstić information content (AvgIpc) is 3.44. The molecule has 1 aliphatic rings. The molecule has 0 amide bonds. The standard InChI is InChI=1S/C20H15N5O2S3/c1-10-7-11(2)20(27)25-13-4-6-29-19(13)23-17(25)16(21)30-9-15(26)24-12-3-5-28-18(12)22-14(24)8-10/h3-8,21H,9H2,1-2H3. The van der Waals surface area contributed by atoms with E-state index in [-0.39, 0.29) is 28.4 Å². The number of nitrogens with one attached hydrogen (secondary N) is 1. The number of aromatic nitrogens is 4. The molecule has 1 N–H and O–H groups in total. The SMILES string of the molecule is CC1=Cc2nc3sccc3n2C(=O)CSC(=N)c2nc3sccc3n2C(=O)C(C)=C1. The molecule has 0 saturated carbocycles. The summed E-state index contributed by atoms with van der Waals surface area (Å²) in [5.74, 6) is 0.427. The molecule has 0 fully saturated rings. The van der Waals surface area contributed by atoms with Gasteiger partial charge in [-0.1, -0.05) is 17.8 Å². The number of thioether (sulfide) groups is 1. The van der Waals surface area contributed by atoms with Gasteiger partial charge in [-0.2, -0.15) is 0 Å². The third kappa shape index (κ3) is 2.99. The maximum absolute atomic E-state index is 13.3. The van der Waals surface area contributed by atoms with Crippen LogP contribution in [0.4, 0.5) is 0 Å². The topological polar surface area (TPSA) is 93.6 Å². The fraction of sp³-hybridized carbons (Fsp3) is 0.150. The van der Waals surface area contributed by atoms with E-state index in [1.165, 1.54) is 27.2 Å². The van der Waals surface area contributed by atoms with Gasteiger partial charge in [0.05, 0.1) is 16.8 Å². The second-order valence-electron chi connectivity index (χ2n) is 6.83. The number of imidazole rings is 2. The molecule has 4 aromatic heterocycles. The normalized spacial score (nSPS) is 16.0. The zero-order valence-electron chi connectivity index (χ0n) is 16.0. The number of carbonyl (C=O) groups is 2. The van der Waals surface area contributed by atoms with Crippen molar-refractivity contribution in [3.63, 3.8) is 0 Å². The fourth-order valence-corrected chi connectivity index (χ4v) is 5.60. The molecule has 0 unspecified atom stereocenters. The third-order valence-corrected chi connectivity index (χ3v) is 7.18. The molecule has 1 aliphatic heterocycles. The Bertz CT molecular complexity index is 1430. The molecule has 5 heterocycles. The lowest BCUT2D eigenvalue weighted by atomic mass is 10.1. The summed E-state index contributed by atoms with van der Waals surface area (Å²) in [6.45, 7) is 3.62. The molecule has 4 aromatic rings. The highest BCUT2D eigenvalue weighted by atomic mass is 32.2. The smallest absolute Gasteiger partial charge is 0.259 e. The zero-order valence-corrected chi connectivity index (χ0v) is 18.5. The number of allylic oxidation sites excluding steroid dienone is 3. The van der Waals surface area contributed by atoms with Crippen molar-refractivity contribution in [2.45, 2.75) is 13.8 Å². The highest BCUT2D eigenvalue weighted by Crippen LogP contribution is 2.28. The van der Waals surface area contributed by atoms with Crippen LogP contribution in [0, 0.1) is 5.41 Å². The summed E-state index contributed by atoms with van der Waals surface area (Å²) in [4.78, 5) is 36.9. The molecule has 0 radical (unpaired) electrons. The van der Waals surface area contributed by atoms with E-state index in [1.54, 1.807) is 17.6 Å². The Morgan fingerprint density at radius 3 is 2.37 bits per heavy atom. The van der Waals surface area contributed by atoms with Crippen molar-refractivity contribution in [2.24, 2.45) is 0 Å². The first-order chi connectivity index (χ1) is 14.4. The molecule has 7 nitrogen and oxygen atoms in total. The van der Waals surface area contributed by atoms with Crippen LogP contribution in [-0.2, 0) is 0 Å². The Hall–Kier alpha value is -2.82. The van der Waals surface area contributed by atoms with Gasteiger partial charge in [0.25, 0.3) is 5.91 Å². The zero-order chi connectivity index (χ0) is 21.0. The van der Waals surface area contributed by atoms with Crippen molar-refractivity contribution in [2.75, 3.05) is 5.75 Å². The van der Waals surface area contributed by atoms with Gasteiger partial charge in [0.15, 0.2) is 5.82 Å². The Morgan fingerprint density at radius 1 is 0.967 bits per heavy atom. The Morgan fingerprint density at radius 2 is 1.63 bits per heavy atom. The summed E-state index contributed by atoms with van der Waals surface area (Å²) in [5, 5.41) is 12.4. The lowest BCUT2D eigenvalue weighted by molar-refractivity contribution is 0.0942. The molecule has 0 atom stereocenters. The van der Waals surface area contributed by atoms with Crippen LogP contribution in [0.2, 0.25) is 0 Å². The maximum Gasteiger partial charge on any atom is 0.259 e. The lowest BCUT2D eigenvalue weighted by Gasteiger charge is -2.08. The van der Waals surface area contributed by atoms with Crippen molar-refractivity contribution in [1.82, 2.24) is 19.1 Å². The molecule has 0 aliphatic carbocycles. The van der Waals surface area contributed by atoms with E-state index < -0.39 is 0 Å². The molecule has 5 rings (SSSR count). The van der Waals surface area contributed by atoms with E-state index in [0.29, 0.717) is 21.7 Å². The molecule has 0 spiro atoms. The molecular weight excluding hydrogens is 438 g/mol. The van der Waals surface area contributed by atoms with E-state index in [2.05, 4.69) is 9.97 Å². The van der Waals surface area contributed by atoms with Crippen molar-refractivity contribution in [3.05, 3.63) is 51.8 Å². The number of nitrogens with zero attached hydrogens (tertiary/aromatic N) is 4. The van der Waals surface area contributed by atoms with Crippen LogP contribution in [-0.4, -0.2) is 41.7 Å². The van der Waals surface area contributed by atoms with Crippen LogP contribution in [0.1, 0.15) is 35.1 Å². The summed E-state index contributed by atoms with van der Waals surface area (Å²) in [7, 11) is 0. The minimum atomic E-state index is -0.237. The van der Waals surface area contributed by atoms with Crippen molar-refractivity contribution >= 4 is 78.1 Å². The van der Waals surface area contributed by atoms with Crippen molar-refractivity contribution < 1.29 is 9.59 Å². The van der Waals surface area contributed by atoms with Crippen LogP contribution in [0.25, 0.3) is 26.8 Å². The van der Waals surface area contributed by atoms with E-state index in [4.69, 9.17) is 5.41 Å². The number of carbonyl (C=O) groups excluding carboxylic acids is 2. The number of fused-ring (bicyclic) bond motifs is 6. The first-order valence-corrected chi connectivity index (χ1v) is 11.8. The molecule has 0 saturated heterocycles. The second kappa shape index (κ2) is 7.15. The summed E-state index contributed by atoms with van der Waals surface area (Å²) in [6.07, 6.45) is 3.58. The van der Waals surface area contributed by atoms with Crippen molar-refractivity contribution in [1.29, 1.82) is 5.41 Å². The van der Waals surface area contributed by atoms with Gasteiger partial charge in [0, 0.05) is 5.57 Å². The summed E-state index contributed by atoms with van der Waals surface area (Å²) in [6, 6.07) is 3.70. The minimum Gasteiger partial charge on any atom is -0.291 e. The molecule has 10 heteroatoms. The van der Waals surface area contributed by atoms with E-state index in [1.807, 2.05) is 35.9 Å². The number of hydrogen-bond acceptors (Lipinski definition) is 8. The van der Waals surface area contributed by atoms with Crippen LogP contribution in [0.15, 0.2) is 40.1 Å². The first kappa shape index (κ1) is 19.2. The highest BCUT2D eigenvalue weighted by Gasteiger charge is 2.24. The van der Waals surface area contributed by atoms with Gasteiger partial charge in [-0.25, -0.2) is 9.97 Å². The predicted molar refractivity (Wildman–Crippen MR) is 123 cm³/mol. The summed E-state index contributed by atoms with van der Waals surface area (Å²) >= 11 is 3.96. The van der Waals surface area contributed by atoms with Crippen LogP contribution >= 0.6 is 34.4 Å². The molecular formula is C20H15N5O2S3. The van der Waals surface area contributed by atoms with Gasteiger partial charge in [-0.3, -0.25) is 24.1 Å². The molecule has 150 valence electrons. The Labute approximate surface area is 183 Å². The number of hydrogen-bond donors (Lipinski definition) is 1. The van der Waals surface area contributed by atoms with E-state index >= 15 is 0 Å². The van der Waals surface area contributed by atoms with Gasteiger partial charge >= 0.3 is 0 Å². The third-order valence-electron chi connectivity index (χ3n) is 4.73.